The van der Waals surface area contributed by atoms with Gasteiger partial charge in [0.15, 0.2) is 15.9 Å². The van der Waals surface area contributed by atoms with E-state index in [-0.39, 0.29) is 22.0 Å². The second-order valence-corrected chi connectivity index (χ2v) is 7.98. The number of amides is 1. The van der Waals surface area contributed by atoms with E-state index in [0.717, 1.165) is 0 Å². The van der Waals surface area contributed by atoms with Gasteiger partial charge < -0.3 is 10.1 Å². The number of nitrogens with one attached hydrogen (secondary N) is 1. The van der Waals surface area contributed by atoms with Gasteiger partial charge in [0.1, 0.15) is 5.82 Å². The zero-order chi connectivity index (χ0) is 19.3. The summed E-state index contributed by atoms with van der Waals surface area (Å²) in [6.07, 6.45) is 0.206. The molecule has 0 saturated heterocycles. The molecule has 0 aliphatic carbocycles. The van der Waals surface area contributed by atoms with Crippen LogP contribution in [0.1, 0.15) is 24.2 Å². The Kier molecular flexibility index (Phi) is 6.33. The molecule has 26 heavy (non-hydrogen) atoms. The van der Waals surface area contributed by atoms with Gasteiger partial charge in [-0.25, -0.2) is 18.2 Å². The van der Waals surface area contributed by atoms with E-state index in [9.17, 15) is 18.0 Å². The summed E-state index contributed by atoms with van der Waals surface area (Å²) >= 11 is 5.72. The number of pyridine rings is 1. The summed E-state index contributed by atoms with van der Waals surface area (Å²) in [5.41, 5.74) is -0.112. The molecule has 2 rings (SSSR count). The van der Waals surface area contributed by atoms with E-state index < -0.39 is 27.8 Å². The maximum Gasteiger partial charge on any atom is 0.340 e. The first kappa shape index (κ1) is 19.9. The highest BCUT2D eigenvalue weighted by Gasteiger charge is 2.25. The molecular formula is C17H17ClN2O5S. The molecule has 0 fully saturated rings. The number of halogens is 1. The molecule has 0 radical (unpaired) electrons. The third-order valence-electron chi connectivity index (χ3n) is 3.45. The van der Waals surface area contributed by atoms with Gasteiger partial charge in [-0.2, -0.15) is 0 Å². The number of carbonyl (C=O) groups is 2. The molecule has 2 aromatic rings. The van der Waals surface area contributed by atoms with Crippen LogP contribution in [0.3, 0.4) is 0 Å². The third-order valence-corrected chi connectivity index (χ3v) is 5.46. The second kappa shape index (κ2) is 8.29. The van der Waals surface area contributed by atoms with Crippen LogP contribution in [0, 0.1) is 0 Å². The lowest BCUT2D eigenvalue weighted by Crippen LogP contribution is -2.30. The van der Waals surface area contributed by atoms with E-state index in [1.165, 1.54) is 50.4 Å². The van der Waals surface area contributed by atoms with Gasteiger partial charge in [0.2, 0.25) is 0 Å². The SMILES string of the molecule is CCS(=O)(=O)c1ccccc1C(=O)O[C@@H](C)C(=O)Nc1ccc(Cl)cn1. The van der Waals surface area contributed by atoms with E-state index in [4.69, 9.17) is 16.3 Å². The summed E-state index contributed by atoms with van der Waals surface area (Å²) in [7, 11) is -3.61. The van der Waals surface area contributed by atoms with Crippen LogP contribution in [0.5, 0.6) is 0 Å². The van der Waals surface area contributed by atoms with Gasteiger partial charge >= 0.3 is 5.97 Å². The summed E-state index contributed by atoms with van der Waals surface area (Å²) in [6.45, 7) is 2.85. The first-order valence-electron chi connectivity index (χ1n) is 7.69. The lowest BCUT2D eigenvalue weighted by Gasteiger charge is -2.14. The van der Waals surface area contributed by atoms with Crippen LogP contribution in [0.4, 0.5) is 5.82 Å². The molecule has 9 heteroatoms. The van der Waals surface area contributed by atoms with Crippen LogP contribution in [0.2, 0.25) is 5.02 Å². The zero-order valence-electron chi connectivity index (χ0n) is 14.1. The molecule has 0 spiro atoms. The quantitative estimate of drug-likeness (QED) is 0.753. The van der Waals surface area contributed by atoms with Gasteiger partial charge in [-0.3, -0.25) is 4.79 Å². The third kappa shape index (κ3) is 4.80. The van der Waals surface area contributed by atoms with Crippen molar-refractivity contribution >= 4 is 39.1 Å². The monoisotopic (exact) mass is 396 g/mol. The standard InChI is InChI=1S/C17H17ClN2O5S/c1-3-26(23,24)14-7-5-4-6-13(14)17(22)25-11(2)16(21)20-15-9-8-12(18)10-19-15/h4-11H,3H2,1-2H3,(H,19,20,21)/t11-/m0/s1. The normalized spacial score (nSPS) is 12.3. The highest BCUT2D eigenvalue weighted by Crippen LogP contribution is 2.19. The Balaban J connectivity index is 2.12. The van der Waals surface area contributed by atoms with Crippen molar-refractivity contribution in [3.8, 4) is 0 Å². The first-order chi connectivity index (χ1) is 12.2. The summed E-state index contributed by atoms with van der Waals surface area (Å²) in [6, 6.07) is 8.76. The van der Waals surface area contributed by atoms with Crippen LogP contribution in [-0.4, -0.2) is 37.1 Å². The molecule has 0 unspecified atom stereocenters. The summed E-state index contributed by atoms with van der Waals surface area (Å²) in [5, 5.41) is 2.89. The smallest absolute Gasteiger partial charge is 0.340 e. The number of sulfone groups is 1. The van der Waals surface area contributed by atoms with Gasteiger partial charge in [0.25, 0.3) is 5.91 Å². The number of nitrogens with zero attached hydrogens (tertiary/aromatic N) is 1. The number of carbonyl (C=O) groups excluding carboxylic acids is 2. The highest BCUT2D eigenvalue weighted by molar-refractivity contribution is 7.91. The molecular weight excluding hydrogens is 380 g/mol. The van der Waals surface area contributed by atoms with Crippen molar-refractivity contribution in [1.29, 1.82) is 0 Å². The predicted molar refractivity (Wildman–Crippen MR) is 96.9 cm³/mol. The molecule has 1 aromatic heterocycles. The summed E-state index contributed by atoms with van der Waals surface area (Å²) in [4.78, 5) is 28.2. The number of anilines is 1. The Morgan fingerprint density at radius 2 is 1.92 bits per heavy atom. The Morgan fingerprint density at radius 3 is 2.54 bits per heavy atom. The summed E-state index contributed by atoms with van der Waals surface area (Å²) < 4.78 is 29.3. The lowest BCUT2D eigenvalue weighted by atomic mass is 10.2. The minimum Gasteiger partial charge on any atom is -0.449 e. The average Bonchev–Trinajstić information content (AvgIpc) is 2.63. The summed E-state index contributed by atoms with van der Waals surface area (Å²) in [5.74, 6) is -1.42. The van der Waals surface area contributed by atoms with Crippen molar-refractivity contribution in [2.45, 2.75) is 24.8 Å². The largest absolute Gasteiger partial charge is 0.449 e. The van der Waals surface area contributed by atoms with Crippen LogP contribution < -0.4 is 5.32 Å². The topological polar surface area (TPSA) is 102 Å². The lowest BCUT2D eigenvalue weighted by molar-refractivity contribution is -0.123. The minimum atomic E-state index is -3.61. The molecule has 1 aromatic carbocycles. The minimum absolute atomic E-state index is 0.112. The highest BCUT2D eigenvalue weighted by atomic mass is 35.5. The molecule has 0 aliphatic rings. The van der Waals surface area contributed by atoms with E-state index in [1.54, 1.807) is 6.07 Å². The molecule has 1 heterocycles. The van der Waals surface area contributed by atoms with Crippen molar-refractivity contribution in [3.05, 3.63) is 53.2 Å². The second-order valence-electron chi connectivity index (χ2n) is 5.30. The zero-order valence-corrected chi connectivity index (χ0v) is 15.7. The van der Waals surface area contributed by atoms with Gasteiger partial charge in [0, 0.05) is 6.20 Å². The van der Waals surface area contributed by atoms with Crippen molar-refractivity contribution in [2.24, 2.45) is 0 Å². The fraction of sp³-hybridized carbons (Fsp3) is 0.235. The maximum absolute atomic E-state index is 12.3. The molecule has 7 nitrogen and oxygen atoms in total. The molecule has 138 valence electrons. The van der Waals surface area contributed by atoms with Crippen molar-refractivity contribution in [1.82, 2.24) is 4.98 Å². The van der Waals surface area contributed by atoms with Crippen molar-refractivity contribution in [2.75, 3.05) is 11.1 Å². The number of hydrogen-bond donors (Lipinski definition) is 1. The van der Waals surface area contributed by atoms with Crippen LogP contribution in [0.15, 0.2) is 47.5 Å². The average molecular weight is 397 g/mol. The van der Waals surface area contributed by atoms with E-state index in [0.29, 0.717) is 5.02 Å². The number of benzene rings is 1. The number of rotatable bonds is 6. The van der Waals surface area contributed by atoms with E-state index in [1.807, 2.05) is 0 Å². The van der Waals surface area contributed by atoms with Crippen molar-refractivity contribution < 1.29 is 22.7 Å². The molecule has 1 N–H and O–H groups in total. The number of esters is 1. The van der Waals surface area contributed by atoms with E-state index >= 15 is 0 Å². The first-order valence-corrected chi connectivity index (χ1v) is 9.73. The fourth-order valence-electron chi connectivity index (χ4n) is 2.02. The van der Waals surface area contributed by atoms with Gasteiger partial charge in [-0.1, -0.05) is 30.7 Å². The van der Waals surface area contributed by atoms with Crippen LogP contribution >= 0.6 is 11.6 Å². The fourth-order valence-corrected chi connectivity index (χ4v) is 3.21. The number of hydrogen-bond acceptors (Lipinski definition) is 6. The maximum atomic E-state index is 12.3. The van der Waals surface area contributed by atoms with Crippen molar-refractivity contribution in [3.63, 3.8) is 0 Å². The van der Waals surface area contributed by atoms with Gasteiger partial charge in [-0.15, -0.1) is 0 Å². The molecule has 0 bridgehead atoms. The molecule has 1 atom stereocenters. The molecule has 0 saturated carbocycles. The number of aromatic nitrogens is 1. The Labute approximate surface area is 156 Å². The number of ether oxygens (including phenoxy) is 1. The Morgan fingerprint density at radius 1 is 1.23 bits per heavy atom. The Bertz CT molecular complexity index is 913. The predicted octanol–water partition coefficient (Wildman–Crippen LogP) is 2.71. The van der Waals surface area contributed by atoms with Crippen LogP contribution in [0.25, 0.3) is 0 Å². The van der Waals surface area contributed by atoms with Gasteiger partial charge in [-0.05, 0) is 31.2 Å². The van der Waals surface area contributed by atoms with E-state index in [2.05, 4.69) is 10.3 Å². The van der Waals surface area contributed by atoms with Gasteiger partial charge in [0.05, 0.1) is 21.2 Å². The molecule has 1 amide bonds. The molecule has 0 aliphatic heterocycles. The van der Waals surface area contributed by atoms with Crippen LogP contribution in [-0.2, 0) is 19.4 Å². The Hall–Kier alpha value is -2.45.